The number of rotatable bonds is 9. The molecule has 0 radical (unpaired) electrons. The lowest BCUT2D eigenvalue weighted by molar-refractivity contribution is -0.123. The molecule has 0 fully saturated rings. The number of carbonyl (C=O) groups is 2. The van der Waals surface area contributed by atoms with Gasteiger partial charge in [-0.3, -0.25) is 20.4 Å². The molecular weight excluding hydrogens is 446 g/mol. The van der Waals surface area contributed by atoms with Crippen LogP contribution in [0.25, 0.3) is 0 Å². The number of benzene rings is 2. The topological polar surface area (TPSA) is 114 Å². The van der Waals surface area contributed by atoms with Crippen molar-refractivity contribution in [2.75, 3.05) is 26.8 Å². The lowest BCUT2D eigenvalue weighted by Gasteiger charge is -2.19. The third kappa shape index (κ3) is 6.33. The molecule has 0 bridgehead atoms. The fraction of sp³-hybridized carbons (Fsp3) is 0.300. The second-order valence-corrected chi connectivity index (χ2v) is 8.51. The average molecular weight is 470 g/mol. The minimum atomic E-state index is -3.86. The van der Waals surface area contributed by atoms with Crippen molar-refractivity contribution in [3.8, 4) is 11.5 Å². The number of nitrogens with one attached hydrogen (secondary N) is 2. The van der Waals surface area contributed by atoms with Crippen LogP contribution in [0.3, 0.4) is 0 Å². The molecule has 0 heterocycles. The first-order valence-electron chi connectivity index (χ1n) is 9.38. The summed E-state index contributed by atoms with van der Waals surface area (Å²) in [7, 11) is -2.32. The van der Waals surface area contributed by atoms with Gasteiger partial charge in [0.15, 0.2) is 6.61 Å². The van der Waals surface area contributed by atoms with Crippen LogP contribution in [0.4, 0.5) is 0 Å². The number of sulfonamides is 1. The van der Waals surface area contributed by atoms with Gasteiger partial charge in [-0.15, -0.1) is 0 Å². The van der Waals surface area contributed by atoms with Crippen LogP contribution in [-0.2, 0) is 14.8 Å². The van der Waals surface area contributed by atoms with Crippen LogP contribution in [0.1, 0.15) is 24.2 Å². The van der Waals surface area contributed by atoms with Gasteiger partial charge in [-0.2, -0.15) is 4.31 Å². The Kier molecular flexibility index (Phi) is 8.66. The number of methoxy groups -OCH3 is 1. The van der Waals surface area contributed by atoms with Crippen molar-refractivity contribution in [2.24, 2.45) is 0 Å². The summed E-state index contributed by atoms with van der Waals surface area (Å²) in [5.74, 6) is -0.208. The van der Waals surface area contributed by atoms with Gasteiger partial charge in [0.1, 0.15) is 16.4 Å². The summed E-state index contributed by atoms with van der Waals surface area (Å²) >= 11 is 6.06. The molecule has 0 unspecified atom stereocenters. The summed E-state index contributed by atoms with van der Waals surface area (Å²) in [6, 6.07) is 10.5. The lowest BCUT2D eigenvalue weighted by Crippen LogP contribution is -2.43. The van der Waals surface area contributed by atoms with Crippen molar-refractivity contribution in [1.29, 1.82) is 0 Å². The van der Waals surface area contributed by atoms with Crippen LogP contribution in [0.5, 0.6) is 11.5 Å². The number of hydrazine groups is 1. The molecule has 2 N–H and O–H groups in total. The quantitative estimate of drug-likeness (QED) is 0.544. The monoisotopic (exact) mass is 469 g/mol. The van der Waals surface area contributed by atoms with Gasteiger partial charge >= 0.3 is 0 Å². The first-order chi connectivity index (χ1) is 14.7. The Bertz CT molecular complexity index is 1020. The van der Waals surface area contributed by atoms with Gasteiger partial charge in [0.25, 0.3) is 11.8 Å². The molecule has 31 heavy (non-hydrogen) atoms. The lowest BCUT2D eigenvalue weighted by atomic mass is 10.2. The Morgan fingerprint density at radius 1 is 1.00 bits per heavy atom. The smallest absolute Gasteiger partial charge is 0.276 e. The minimum absolute atomic E-state index is 0.000349. The van der Waals surface area contributed by atoms with Gasteiger partial charge in [0.2, 0.25) is 10.0 Å². The van der Waals surface area contributed by atoms with Crippen molar-refractivity contribution in [3.63, 3.8) is 0 Å². The highest BCUT2D eigenvalue weighted by Crippen LogP contribution is 2.26. The highest BCUT2D eigenvalue weighted by Gasteiger charge is 2.25. The molecule has 11 heteroatoms. The summed E-state index contributed by atoms with van der Waals surface area (Å²) in [5.41, 5.74) is 4.45. The first kappa shape index (κ1) is 24.4. The van der Waals surface area contributed by atoms with E-state index in [1.54, 1.807) is 38.1 Å². The van der Waals surface area contributed by atoms with E-state index < -0.39 is 21.8 Å². The molecule has 2 rings (SSSR count). The SMILES string of the molecule is CCN(CC)S(=O)(=O)c1cc(C(=O)NNC(=O)COc2ccc(OC)cc2)ccc1Cl. The zero-order valence-electron chi connectivity index (χ0n) is 17.3. The Labute approximate surface area is 186 Å². The molecule has 0 aliphatic heterocycles. The molecule has 168 valence electrons. The maximum Gasteiger partial charge on any atom is 0.276 e. The Hall–Kier alpha value is -2.82. The van der Waals surface area contributed by atoms with Crippen molar-refractivity contribution in [3.05, 3.63) is 53.1 Å². The zero-order chi connectivity index (χ0) is 23.0. The van der Waals surface area contributed by atoms with Crippen molar-refractivity contribution < 1.29 is 27.5 Å². The Morgan fingerprint density at radius 3 is 2.19 bits per heavy atom. The zero-order valence-corrected chi connectivity index (χ0v) is 18.9. The molecular formula is C20H24ClN3O6S. The van der Waals surface area contributed by atoms with Gasteiger partial charge in [-0.25, -0.2) is 8.42 Å². The minimum Gasteiger partial charge on any atom is -0.497 e. The highest BCUT2D eigenvalue weighted by atomic mass is 35.5. The van der Waals surface area contributed by atoms with Gasteiger partial charge < -0.3 is 9.47 Å². The molecule has 0 aliphatic carbocycles. The van der Waals surface area contributed by atoms with Gasteiger partial charge in [-0.1, -0.05) is 25.4 Å². The van der Waals surface area contributed by atoms with E-state index >= 15 is 0 Å². The second-order valence-electron chi connectivity index (χ2n) is 6.20. The molecule has 9 nitrogen and oxygen atoms in total. The molecule has 2 amide bonds. The predicted octanol–water partition coefficient (Wildman–Crippen LogP) is 2.22. The number of hydrogen-bond donors (Lipinski definition) is 2. The number of amides is 2. The maximum absolute atomic E-state index is 12.7. The standard InChI is InChI=1S/C20H24ClN3O6S/c1-4-24(5-2)31(27,28)18-12-14(6-11-17(18)21)20(26)23-22-19(25)13-30-16-9-7-15(29-3)8-10-16/h6-12H,4-5,13H2,1-3H3,(H,22,25)(H,23,26). The molecule has 0 atom stereocenters. The fourth-order valence-corrected chi connectivity index (χ4v) is 4.56. The summed E-state index contributed by atoms with van der Waals surface area (Å²) in [6.45, 7) is 3.59. The van der Waals surface area contributed by atoms with E-state index in [9.17, 15) is 18.0 Å². The second kappa shape index (κ2) is 11.0. The summed E-state index contributed by atoms with van der Waals surface area (Å²) in [6.07, 6.45) is 0. The molecule has 0 saturated carbocycles. The van der Waals surface area contributed by atoms with E-state index in [2.05, 4.69) is 10.9 Å². The largest absolute Gasteiger partial charge is 0.497 e. The van der Waals surface area contributed by atoms with Crippen LogP contribution in [0, 0.1) is 0 Å². The Balaban J connectivity index is 1.99. The van der Waals surface area contributed by atoms with E-state index in [1.807, 2.05) is 0 Å². The Morgan fingerprint density at radius 2 is 1.61 bits per heavy atom. The summed E-state index contributed by atoms with van der Waals surface area (Å²) in [5, 5.41) is 0.000349. The normalized spacial score (nSPS) is 11.1. The third-order valence-corrected chi connectivity index (χ3v) is 6.79. The number of halogens is 1. The number of carbonyl (C=O) groups excluding carboxylic acids is 2. The van der Waals surface area contributed by atoms with E-state index in [1.165, 1.54) is 29.6 Å². The van der Waals surface area contributed by atoms with Crippen LogP contribution >= 0.6 is 11.6 Å². The van der Waals surface area contributed by atoms with E-state index in [0.29, 0.717) is 11.5 Å². The van der Waals surface area contributed by atoms with Crippen LogP contribution in [-0.4, -0.2) is 51.3 Å². The van der Waals surface area contributed by atoms with Crippen LogP contribution < -0.4 is 20.3 Å². The predicted molar refractivity (Wildman–Crippen MR) is 116 cm³/mol. The fourth-order valence-electron chi connectivity index (χ4n) is 2.60. The summed E-state index contributed by atoms with van der Waals surface area (Å²) < 4.78 is 37.0. The van der Waals surface area contributed by atoms with Gasteiger partial charge in [-0.05, 0) is 42.5 Å². The first-order valence-corrected chi connectivity index (χ1v) is 11.2. The highest BCUT2D eigenvalue weighted by molar-refractivity contribution is 7.89. The molecule has 0 aliphatic rings. The van der Waals surface area contributed by atoms with Gasteiger partial charge in [0.05, 0.1) is 12.1 Å². The number of hydrogen-bond acceptors (Lipinski definition) is 6. The number of ether oxygens (including phenoxy) is 2. The van der Waals surface area contributed by atoms with E-state index in [-0.39, 0.29) is 35.2 Å². The molecule has 0 saturated heterocycles. The van der Waals surface area contributed by atoms with E-state index in [4.69, 9.17) is 21.1 Å². The van der Waals surface area contributed by atoms with E-state index in [0.717, 1.165) is 0 Å². The number of nitrogens with zero attached hydrogens (tertiary/aromatic N) is 1. The third-order valence-electron chi connectivity index (χ3n) is 4.26. The molecule has 0 spiro atoms. The maximum atomic E-state index is 12.7. The molecule has 2 aromatic rings. The van der Waals surface area contributed by atoms with Crippen molar-refractivity contribution in [1.82, 2.24) is 15.2 Å². The van der Waals surface area contributed by atoms with Crippen LogP contribution in [0.15, 0.2) is 47.4 Å². The summed E-state index contributed by atoms with van der Waals surface area (Å²) in [4.78, 5) is 24.1. The van der Waals surface area contributed by atoms with Crippen LogP contribution in [0.2, 0.25) is 5.02 Å². The molecule has 0 aromatic heterocycles. The van der Waals surface area contributed by atoms with Crippen molar-refractivity contribution >= 4 is 33.4 Å². The molecule has 2 aromatic carbocycles. The average Bonchev–Trinajstić information content (AvgIpc) is 2.77. The van der Waals surface area contributed by atoms with Gasteiger partial charge in [0, 0.05) is 18.7 Å². The van der Waals surface area contributed by atoms with Crippen molar-refractivity contribution in [2.45, 2.75) is 18.7 Å².